The molecule has 10 heteroatoms. The molecule has 1 saturated carbocycles. The Bertz CT molecular complexity index is 2390. The van der Waals surface area contributed by atoms with Crippen molar-refractivity contribution in [3.05, 3.63) is 150 Å². The quantitative estimate of drug-likeness (QED) is 0.133. The average Bonchev–Trinajstić information content (AvgIpc) is 3.90. The van der Waals surface area contributed by atoms with Gasteiger partial charge in [-0.3, -0.25) is 23.9 Å². The number of thiazole rings is 1. The molecule has 0 bridgehead atoms. The van der Waals surface area contributed by atoms with Gasteiger partial charge in [0.05, 0.1) is 4.53 Å². The summed E-state index contributed by atoms with van der Waals surface area (Å²) in [5.41, 5.74) is 8.67. The van der Waals surface area contributed by atoms with E-state index in [-0.39, 0.29) is 5.91 Å². The molecule has 2 unspecified atom stereocenters. The van der Waals surface area contributed by atoms with Gasteiger partial charge in [-0.05, 0) is 89.6 Å². The summed E-state index contributed by atoms with van der Waals surface area (Å²) < 4.78 is 2.29. The van der Waals surface area contributed by atoms with Crippen LogP contribution >= 0.6 is 35.3 Å². The molecule has 3 heterocycles. The molecule has 2 aliphatic heterocycles. The number of aromatic nitrogens is 1. The van der Waals surface area contributed by atoms with E-state index in [1.807, 2.05) is 31.2 Å². The van der Waals surface area contributed by atoms with Crippen LogP contribution in [-0.2, 0) is 16.1 Å². The van der Waals surface area contributed by atoms with Crippen LogP contribution in [0, 0.1) is 0 Å². The molecule has 3 aliphatic rings. The second-order valence-electron chi connectivity index (χ2n) is 13.1. The van der Waals surface area contributed by atoms with Crippen LogP contribution in [0.15, 0.2) is 108 Å². The van der Waals surface area contributed by atoms with Gasteiger partial charge in [-0.25, -0.2) is 0 Å². The number of fused-ring (bicyclic) bond motifs is 3. The van der Waals surface area contributed by atoms with E-state index in [0.717, 1.165) is 59.2 Å². The van der Waals surface area contributed by atoms with Crippen LogP contribution in [0.2, 0.25) is 0 Å². The maximum atomic E-state index is 13.6. The highest BCUT2D eigenvalue weighted by atomic mass is 32.2. The van der Waals surface area contributed by atoms with Gasteiger partial charge in [0, 0.05) is 29.9 Å². The number of carboxylic acid groups (broad SMARTS) is 1. The van der Waals surface area contributed by atoms with Gasteiger partial charge < -0.3 is 10.0 Å². The lowest BCUT2D eigenvalue weighted by molar-refractivity contribution is -0.137. The van der Waals surface area contributed by atoms with E-state index < -0.39 is 18.1 Å². The van der Waals surface area contributed by atoms with E-state index in [9.17, 15) is 19.5 Å². The molecule has 1 aromatic heterocycles. The number of hydrogen-bond donors (Lipinski definition) is 1. The summed E-state index contributed by atoms with van der Waals surface area (Å²) in [7, 11) is 0. The molecule has 4 aromatic carbocycles. The SMILES string of the molecule is CCN1C(=O)/C(=c2/s/c(=C/c3ccc4c(c3)C3CCCC3N4c3ccc(C=C(c4ccccc4)c4ccccc4)cc3)c(=O)n2CC(=O)O)SC1=S. The Morgan fingerprint density at radius 2 is 1.58 bits per heavy atom. The van der Waals surface area contributed by atoms with Crippen molar-refractivity contribution >= 4 is 85.5 Å². The molecule has 2 fully saturated rings. The minimum absolute atomic E-state index is 0.297. The third kappa shape index (κ3) is 6.25. The minimum Gasteiger partial charge on any atom is -0.480 e. The number of benzene rings is 4. The van der Waals surface area contributed by atoms with Gasteiger partial charge in [-0.1, -0.05) is 109 Å². The van der Waals surface area contributed by atoms with Gasteiger partial charge in [-0.15, -0.1) is 11.3 Å². The Morgan fingerprint density at radius 1 is 0.904 bits per heavy atom. The van der Waals surface area contributed by atoms with Crippen LogP contribution in [0.5, 0.6) is 0 Å². The Balaban J connectivity index is 1.15. The predicted molar refractivity (Wildman–Crippen MR) is 215 cm³/mol. The highest BCUT2D eigenvalue weighted by Gasteiger charge is 2.42. The van der Waals surface area contributed by atoms with E-state index >= 15 is 0 Å². The minimum atomic E-state index is -1.15. The Kier molecular flexibility index (Phi) is 9.29. The molecule has 0 spiro atoms. The Labute approximate surface area is 314 Å². The van der Waals surface area contributed by atoms with E-state index in [1.165, 1.54) is 37.4 Å². The number of carboxylic acids is 1. The van der Waals surface area contributed by atoms with Crippen LogP contribution in [0.25, 0.3) is 22.6 Å². The van der Waals surface area contributed by atoms with Gasteiger partial charge in [0.15, 0.2) is 0 Å². The van der Waals surface area contributed by atoms with Crippen molar-refractivity contribution in [2.45, 2.75) is 44.7 Å². The summed E-state index contributed by atoms with van der Waals surface area (Å²) in [5.74, 6) is -1.08. The third-order valence-corrected chi connectivity index (χ3v) is 12.7. The number of thioether (sulfide) groups is 1. The van der Waals surface area contributed by atoms with Crippen LogP contribution in [-0.4, -0.2) is 43.4 Å². The molecule has 2 atom stereocenters. The molecule has 1 amide bonds. The van der Waals surface area contributed by atoms with Crippen molar-refractivity contribution in [2.75, 3.05) is 11.4 Å². The second kappa shape index (κ2) is 14.2. The molecule has 7 nitrogen and oxygen atoms in total. The largest absolute Gasteiger partial charge is 0.480 e. The van der Waals surface area contributed by atoms with Crippen LogP contribution in [0.3, 0.4) is 0 Å². The van der Waals surface area contributed by atoms with E-state index in [4.69, 9.17) is 12.2 Å². The summed E-state index contributed by atoms with van der Waals surface area (Å²) >= 11 is 7.65. The maximum absolute atomic E-state index is 13.6. The van der Waals surface area contributed by atoms with Gasteiger partial charge in [0.25, 0.3) is 11.5 Å². The molecule has 0 radical (unpaired) electrons. The number of amides is 1. The number of aliphatic carboxylic acids is 1. The molecular weight excluding hydrogens is 707 g/mol. The molecule has 52 heavy (non-hydrogen) atoms. The summed E-state index contributed by atoms with van der Waals surface area (Å²) in [6, 6.07) is 36.5. The number of carbonyl (C=O) groups excluding carboxylic acids is 1. The summed E-state index contributed by atoms with van der Waals surface area (Å²) in [4.78, 5) is 42.8. The normalized spacial score (nSPS) is 19.3. The number of rotatable bonds is 8. The van der Waals surface area contributed by atoms with E-state index in [2.05, 4.69) is 95.9 Å². The first-order chi connectivity index (χ1) is 25.3. The number of carbonyl (C=O) groups is 2. The van der Waals surface area contributed by atoms with Crippen molar-refractivity contribution in [1.29, 1.82) is 0 Å². The van der Waals surface area contributed by atoms with E-state index in [1.54, 1.807) is 0 Å². The molecule has 1 aliphatic carbocycles. The number of nitrogens with zero attached hydrogens (tertiary/aromatic N) is 3. The zero-order chi connectivity index (χ0) is 35.9. The summed E-state index contributed by atoms with van der Waals surface area (Å²) in [5, 5.41) is 9.62. The zero-order valence-corrected chi connectivity index (χ0v) is 30.8. The van der Waals surface area contributed by atoms with E-state index in [0.29, 0.717) is 36.9 Å². The third-order valence-electron chi connectivity index (χ3n) is 10.0. The first-order valence-electron chi connectivity index (χ1n) is 17.4. The first kappa shape index (κ1) is 34.1. The first-order valence-corrected chi connectivity index (χ1v) is 19.4. The van der Waals surface area contributed by atoms with Crippen molar-refractivity contribution in [1.82, 2.24) is 9.47 Å². The smallest absolute Gasteiger partial charge is 0.323 e. The van der Waals surface area contributed by atoms with Gasteiger partial charge in [0.2, 0.25) is 0 Å². The lowest BCUT2D eigenvalue weighted by atomic mass is 9.95. The zero-order valence-electron chi connectivity index (χ0n) is 28.4. The Hall–Kier alpha value is -5.03. The molecule has 1 N–H and O–H groups in total. The number of thiocarbonyl (C=S) groups is 1. The number of hydrogen-bond acceptors (Lipinski definition) is 7. The van der Waals surface area contributed by atoms with Crippen LogP contribution in [0.4, 0.5) is 11.4 Å². The molecule has 260 valence electrons. The number of anilines is 2. The fraction of sp³-hybridized carbons (Fsp3) is 0.190. The molecule has 1 saturated heterocycles. The van der Waals surface area contributed by atoms with Crippen molar-refractivity contribution in [2.24, 2.45) is 0 Å². The lowest BCUT2D eigenvalue weighted by Gasteiger charge is -2.27. The van der Waals surface area contributed by atoms with Gasteiger partial charge >= 0.3 is 5.97 Å². The van der Waals surface area contributed by atoms with Crippen molar-refractivity contribution in [3.8, 4) is 0 Å². The van der Waals surface area contributed by atoms with Crippen molar-refractivity contribution in [3.63, 3.8) is 0 Å². The van der Waals surface area contributed by atoms with Crippen molar-refractivity contribution < 1.29 is 14.7 Å². The standard InChI is InChI=1S/C42H35N3O4S3/c1-2-43-40(49)38(52-42(43)50)41-44(25-37(46)47)39(48)36(51-41)24-27-18-21-35-33(23-27)31-14-9-15-34(31)45(35)30-19-16-26(17-20-30)22-32(28-10-5-3-6-11-28)29-12-7-4-8-13-29/h3-8,10-13,16-24,31,34H,2,9,14-15,25H2,1H3,(H,46,47)/b36-24+,41-38-. The topological polar surface area (TPSA) is 82.9 Å². The van der Waals surface area contributed by atoms with Gasteiger partial charge in [-0.2, -0.15) is 0 Å². The Morgan fingerprint density at radius 3 is 2.21 bits per heavy atom. The van der Waals surface area contributed by atoms with Crippen LogP contribution in [0.1, 0.15) is 59.9 Å². The van der Waals surface area contributed by atoms with Crippen LogP contribution < -0.4 is 19.7 Å². The predicted octanol–water partition coefficient (Wildman–Crippen LogP) is 7.19. The van der Waals surface area contributed by atoms with Gasteiger partial charge in [0.1, 0.15) is 20.4 Å². The average molecular weight is 742 g/mol. The lowest BCUT2D eigenvalue weighted by Crippen LogP contribution is -2.35. The summed E-state index contributed by atoms with van der Waals surface area (Å²) in [6.45, 7) is 1.70. The highest BCUT2D eigenvalue weighted by Crippen LogP contribution is 2.52. The molecular formula is C42H35N3O4S3. The fourth-order valence-corrected chi connectivity index (χ4v) is 10.3. The second-order valence-corrected chi connectivity index (χ2v) is 15.8. The maximum Gasteiger partial charge on any atom is 0.323 e. The molecule has 8 rings (SSSR count). The summed E-state index contributed by atoms with van der Waals surface area (Å²) in [6.07, 6.45) is 7.41. The highest BCUT2D eigenvalue weighted by molar-refractivity contribution is 8.30. The molecule has 5 aromatic rings. The monoisotopic (exact) mass is 741 g/mol. The fourth-order valence-electron chi connectivity index (χ4n) is 7.69.